The van der Waals surface area contributed by atoms with Crippen LogP contribution in [0.4, 0.5) is 5.82 Å². The molecule has 1 fully saturated rings. The normalized spacial score (nSPS) is 23.3. The lowest BCUT2D eigenvalue weighted by atomic mass is 9.80. The highest BCUT2D eigenvalue weighted by Gasteiger charge is 2.24. The van der Waals surface area contributed by atoms with Gasteiger partial charge in [0.25, 0.3) is 0 Å². The summed E-state index contributed by atoms with van der Waals surface area (Å²) < 4.78 is 0. The van der Waals surface area contributed by atoms with E-state index in [2.05, 4.69) is 32.2 Å². The molecule has 0 aromatic carbocycles. The molecule has 1 N–H and O–H groups in total. The van der Waals surface area contributed by atoms with Crippen LogP contribution < -0.4 is 5.32 Å². The molecule has 106 valence electrons. The van der Waals surface area contributed by atoms with Crippen molar-refractivity contribution < 1.29 is 0 Å². The summed E-state index contributed by atoms with van der Waals surface area (Å²) in [4.78, 5) is 9.52. The SMILES string of the molecule is CCNc1cc(CC)nc(C2CCCC(CC)C2)n1. The van der Waals surface area contributed by atoms with E-state index in [-0.39, 0.29) is 0 Å². The fraction of sp³-hybridized carbons (Fsp3) is 0.750. The molecule has 1 aromatic heterocycles. The minimum absolute atomic E-state index is 0.572. The first-order valence-electron chi connectivity index (χ1n) is 7.88. The van der Waals surface area contributed by atoms with Gasteiger partial charge >= 0.3 is 0 Å². The Morgan fingerprint density at radius 3 is 2.74 bits per heavy atom. The van der Waals surface area contributed by atoms with Crippen molar-refractivity contribution in [3.05, 3.63) is 17.6 Å². The molecule has 0 aliphatic heterocycles. The predicted octanol–water partition coefficient (Wildman–Crippen LogP) is 4.15. The highest BCUT2D eigenvalue weighted by atomic mass is 15.0. The van der Waals surface area contributed by atoms with E-state index < -0.39 is 0 Å². The molecule has 19 heavy (non-hydrogen) atoms. The predicted molar refractivity (Wildman–Crippen MR) is 80.6 cm³/mol. The molecule has 1 heterocycles. The summed E-state index contributed by atoms with van der Waals surface area (Å²) in [7, 11) is 0. The van der Waals surface area contributed by atoms with Crippen molar-refractivity contribution in [1.82, 2.24) is 9.97 Å². The van der Waals surface area contributed by atoms with E-state index in [9.17, 15) is 0 Å². The van der Waals surface area contributed by atoms with Crippen LogP contribution in [0.15, 0.2) is 6.07 Å². The van der Waals surface area contributed by atoms with E-state index in [1.165, 1.54) is 37.8 Å². The number of aryl methyl sites for hydroxylation is 1. The number of aromatic nitrogens is 2. The van der Waals surface area contributed by atoms with Crippen LogP contribution >= 0.6 is 0 Å². The van der Waals surface area contributed by atoms with Gasteiger partial charge in [-0.25, -0.2) is 9.97 Å². The molecule has 3 heteroatoms. The maximum atomic E-state index is 4.78. The number of rotatable bonds is 5. The largest absolute Gasteiger partial charge is 0.370 e. The molecule has 0 bridgehead atoms. The lowest BCUT2D eigenvalue weighted by molar-refractivity contribution is 0.307. The Bertz CT molecular complexity index is 403. The molecule has 0 saturated heterocycles. The van der Waals surface area contributed by atoms with E-state index >= 15 is 0 Å². The van der Waals surface area contributed by atoms with E-state index in [4.69, 9.17) is 9.97 Å². The van der Waals surface area contributed by atoms with Gasteiger partial charge in [0.1, 0.15) is 11.6 Å². The van der Waals surface area contributed by atoms with Gasteiger partial charge in [-0.3, -0.25) is 0 Å². The average Bonchev–Trinajstić information content (AvgIpc) is 2.47. The van der Waals surface area contributed by atoms with Crippen LogP contribution in [0.2, 0.25) is 0 Å². The quantitative estimate of drug-likeness (QED) is 0.865. The maximum absolute atomic E-state index is 4.78. The zero-order valence-corrected chi connectivity index (χ0v) is 12.6. The smallest absolute Gasteiger partial charge is 0.134 e. The molecule has 2 unspecified atom stereocenters. The Hall–Kier alpha value is -1.12. The number of nitrogens with zero attached hydrogens (tertiary/aromatic N) is 2. The Balaban J connectivity index is 2.19. The molecule has 0 radical (unpaired) electrons. The number of nitrogens with one attached hydrogen (secondary N) is 1. The van der Waals surface area contributed by atoms with Crippen LogP contribution in [-0.4, -0.2) is 16.5 Å². The van der Waals surface area contributed by atoms with Crippen molar-refractivity contribution in [2.75, 3.05) is 11.9 Å². The summed E-state index contributed by atoms with van der Waals surface area (Å²) in [6.07, 6.45) is 7.53. The van der Waals surface area contributed by atoms with Gasteiger partial charge in [-0.05, 0) is 32.1 Å². The van der Waals surface area contributed by atoms with Gasteiger partial charge in [0.05, 0.1) is 0 Å². The second-order valence-electron chi connectivity index (χ2n) is 5.62. The lowest BCUT2D eigenvalue weighted by Crippen LogP contribution is -2.17. The third kappa shape index (κ3) is 3.68. The van der Waals surface area contributed by atoms with Crippen LogP contribution in [-0.2, 0) is 6.42 Å². The summed E-state index contributed by atoms with van der Waals surface area (Å²) >= 11 is 0. The molecule has 2 rings (SSSR count). The highest BCUT2D eigenvalue weighted by Crippen LogP contribution is 2.36. The maximum Gasteiger partial charge on any atom is 0.134 e. The van der Waals surface area contributed by atoms with Crippen molar-refractivity contribution in [3.63, 3.8) is 0 Å². The Morgan fingerprint density at radius 1 is 1.21 bits per heavy atom. The topological polar surface area (TPSA) is 37.8 Å². The van der Waals surface area contributed by atoms with Gasteiger partial charge < -0.3 is 5.32 Å². The van der Waals surface area contributed by atoms with Crippen LogP contribution in [0, 0.1) is 5.92 Å². The highest BCUT2D eigenvalue weighted by molar-refractivity contribution is 5.36. The van der Waals surface area contributed by atoms with Gasteiger partial charge in [-0.1, -0.05) is 33.1 Å². The molecule has 1 aromatic rings. The summed E-state index contributed by atoms with van der Waals surface area (Å²) in [5.41, 5.74) is 1.17. The summed E-state index contributed by atoms with van der Waals surface area (Å²) in [6, 6.07) is 2.09. The van der Waals surface area contributed by atoms with E-state index in [1.807, 2.05) is 0 Å². The second-order valence-corrected chi connectivity index (χ2v) is 5.62. The van der Waals surface area contributed by atoms with Crippen molar-refractivity contribution >= 4 is 5.82 Å². The Morgan fingerprint density at radius 2 is 2.05 bits per heavy atom. The average molecular weight is 261 g/mol. The molecule has 1 saturated carbocycles. The van der Waals surface area contributed by atoms with E-state index in [1.54, 1.807) is 0 Å². The lowest BCUT2D eigenvalue weighted by Gasteiger charge is -2.27. The molecule has 0 amide bonds. The van der Waals surface area contributed by atoms with Gasteiger partial charge in [-0.15, -0.1) is 0 Å². The first-order chi connectivity index (χ1) is 9.26. The van der Waals surface area contributed by atoms with Crippen LogP contribution in [0.3, 0.4) is 0 Å². The minimum atomic E-state index is 0.572. The molecule has 3 nitrogen and oxygen atoms in total. The minimum Gasteiger partial charge on any atom is -0.370 e. The van der Waals surface area contributed by atoms with E-state index in [0.29, 0.717) is 5.92 Å². The molecular formula is C16H27N3. The molecule has 0 spiro atoms. The van der Waals surface area contributed by atoms with Gasteiger partial charge in [0.2, 0.25) is 0 Å². The summed E-state index contributed by atoms with van der Waals surface area (Å²) in [6.45, 7) is 7.50. The van der Waals surface area contributed by atoms with Crippen molar-refractivity contribution in [1.29, 1.82) is 0 Å². The fourth-order valence-corrected chi connectivity index (χ4v) is 3.05. The zero-order chi connectivity index (χ0) is 13.7. The molecular weight excluding hydrogens is 234 g/mol. The Labute approximate surface area is 117 Å². The summed E-state index contributed by atoms with van der Waals surface area (Å²) in [5.74, 6) is 3.52. The van der Waals surface area contributed by atoms with Gasteiger partial charge in [-0.2, -0.15) is 0 Å². The molecule has 1 aliphatic carbocycles. The van der Waals surface area contributed by atoms with Crippen molar-refractivity contribution in [2.24, 2.45) is 5.92 Å². The number of hydrogen-bond donors (Lipinski definition) is 1. The monoisotopic (exact) mass is 261 g/mol. The first-order valence-corrected chi connectivity index (χ1v) is 7.88. The van der Waals surface area contributed by atoms with Crippen LogP contribution in [0.1, 0.15) is 70.3 Å². The third-order valence-corrected chi connectivity index (χ3v) is 4.24. The van der Waals surface area contributed by atoms with Gasteiger partial charge in [0, 0.05) is 24.2 Å². The molecule has 1 aliphatic rings. The summed E-state index contributed by atoms with van der Waals surface area (Å²) in [5, 5.41) is 3.34. The van der Waals surface area contributed by atoms with Crippen molar-refractivity contribution in [3.8, 4) is 0 Å². The fourth-order valence-electron chi connectivity index (χ4n) is 3.05. The number of hydrogen-bond acceptors (Lipinski definition) is 3. The standard InChI is InChI=1S/C16H27N3/c1-4-12-8-7-9-13(10-12)16-18-14(5-2)11-15(19-16)17-6-3/h11-13H,4-10H2,1-3H3,(H,17,18,19). The van der Waals surface area contributed by atoms with Crippen LogP contribution in [0.5, 0.6) is 0 Å². The second kappa shape index (κ2) is 6.88. The van der Waals surface area contributed by atoms with Crippen molar-refractivity contribution in [2.45, 2.75) is 65.2 Å². The van der Waals surface area contributed by atoms with Gasteiger partial charge in [0.15, 0.2) is 0 Å². The number of anilines is 1. The first kappa shape index (κ1) is 14.3. The van der Waals surface area contributed by atoms with E-state index in [0.717, 1.165) is 30.5 Å². The van der Waals surface area contributed by atoms with Crippen LogP contribution in [0.25, 0.3) is 0 Å². The zero-order valence-electron chi connectivity index (χ0n) is 12.6. The third-order valence-electron chi connectivity index (χ3n) is 4.24. The molecule has 2 atom stereocenters. The Kier molecular flexibility index (Phi) is 5.17.